The van der Waals surface area contributed by atoms with E-state index in [1.54, 1.807) is 12.3 Å². The lowest BCUT2D eigenvalue weighted by Gasteiger charge is -2.11. The van der Waals surface area contributed by atoms with Crippen molar-refractivity contribution in [3.63, 3.8) is 0 Å². The second-order valence-corrected chi connectivity index (χ2v) is 4.87. The summed E-state index contributed by atoms with van der Waals surface area (Å²) in [6.45, 7) is 3.15. The summed E-state index contributed by atoms with van der Waals surface area (Å²) in [6.07, 6.45) is 2.45. The molecule has 0 saturated carbocycles. The molecule has 6 heteroatoms. The molecular weight excluding hydrogens is 297 g/mol. The zero-order chi connectivity index (χ0) is 14.4. The highest BCUT2D eigenvalue weighted by Crippen LogP contribution is 2.30. The molecule has 0 radical (unpaired) electrons. The Labute approximate surface area is 128 Å². The van der Waals surface area contributed by atoms with Gasteiger partial charge in [-0.1, -0.05) is 29.3 Å². The summed E-state index contributed by atoms with van der Waals surface area (Å²) in [5.74, 6) is 0.953. The maximum Gasteiger partial charge on any atom is 0.234 e. The van der Waals surface area contributed by atoms with E-state index in [1.165, 1.54) is 0 Å². The van der Waals surface area contributed by atoms with Crippen LogP contribution in [0.3, 0.4) is 0 Å². The van der Waals surface area contributed by atoms with E-state index >= 15 is 0 Å². The molecular formula is C14H15Cl2N3O. The minimum Gasteiger partial charge on any atom is -0.476 e. The number of aromatic nitrogens is 2. The quantitative estimate of drug-likeness (QED) is 0.880. The molecule has 1 N–H and O–H groups in total. The molecule has 2 aromatic heterocycles. The predicted molar refractivity (Wildman–Crippen MR) is 81.9 cm³/mol. The summed E-state index contributed by atoms with van der Waals surface area (Å²) in [4.78, 5) is 8.50. The second-order valence-electron chi connectivity index (χ2n) is 4.06. The van der Waals surface area contributed by atoms with E-state index in [0.29, 0.717) is 34.8 Å². The van der Waals surface area contributed by atoms with Gasteiger partial charge in [-0.05, 0) is 25.1 Å². The molecule has 0 atom stereocenters. The molecule has 2 rings (SSSR count). The molecule has 0 unspecified atom stereocenters. The maximum absolute atomic E-state index is 6.07. The largest absolute Gasteiger partial charge is 0.476 e. The van der Waals surface area contributed by atoms with Gasteiger partial charge in [-0.25, -0.2) is 0 Å². The van der Waals surface area contributed by atoms with Crippen LogP contribution >= 0.6 is 23.2 Å². The predicted octanol–water partition coefficient (Wildman–Crippen LogP) is 3.84. The Balaban J connectivity index is 2.00. The first-order valence-corrected chi connectivity index (χ1v) is 7.09. The molecule has 106 valence electrons. The van der Waals surface area contributed by atoms with Crippen LogP contribution in [0.2, 0.25) is 10.0 Å². The minimum absolute atomic E-state index is 0.378. The summed E-state index contributed by atoms with van der Waals surface area (Å²) >= 11 is 12.1. The van der Waals surface area contributed by atoms with Gasteiger partial charge in [0.25, 0.3) is 0 Å². The van der Waals surface area contributed by atoms with Crippen LogP contribution in [0.4, 0.5) is 5.82 Å². The summed E-state index contributed by atoms with van der Waals surface area (Å²) in [5, 5.41) is 3.94. The van der Waals surface area contributed by atoms with Crippen LogP contribution in [0.5, 0.6) is 5.88 Å². The third-order valence-electron chi connectivity index (χ3n) is 2.56. The molecule has 0 aromatic carbocycles. The lowest BCUT2D eigenvalue weighted by atomic mass is 10.3. The monoisotopic (exact) mass is 311 g/mol. The average molecular weight is 312 g/mol. The number of hydrogen-bond acceptors (Lipinski definition) is 4. The fraction of sp³-hybridized carbons (Fsp3) is 0.286. The first-order valence-electron chi connectivity index (χ1n) is 6.33. The fourth-order valence-electron chi connectivity index (χ4n) is 1.64. The lowest BCUT2D eigenvalue weighted by Crippen LogP contribution is -2.06. The zero-order valence-corrected chi connectivity index (χ0v) is 12.6. The lowest BCUT2D eigenvalue weighted by molar-refractivity contribution is 0.309. The van der Waals surface area contributed by atoms with Gasteiger partial charge in [-0.15, -0.1) is 0 Å². The minimum atomic E-state index is 0.378. The molecule has 2 heterocycles. The van der Waals surface area contributed by atoms with Crippen LogP contribution in [-0.4, -0.2) is 23.1 Å². The van der Waals surface area contributed by atoms with E-state index in [1.807, 2.05) is 25.1 Å². The van der Waals surface area contributed by atoms with E-state index in [2.05, 4.69) is 15.3 Å². The van der Waals surface area contributed by atoms with Gasteiger partial charge in [0.2, 0.25) is 5.88 Å². The number of nitrogens with one attached hydrogen (secondary N) is 1. The fourth-order valence-corrected chi connectivity index (χ4v) is 2.12. The number of rotatable bonds is 6. The number of ether oxygens (including phenoxy) is 1. The maximum atomic E-state index is 6.07. The van der Waals surface area contributed by atoms with E-state index < -0.39 is 0 Å². The van der Waals surface area contributed by atoms with Gasteiger partial charge in [0.15, 0.2) is 0 Å². The van der Waals surface area contributed by atoms with Crippen molar-refractivity contribution in [2.45, 2.75) is 13.3 Å². The van der Waals surface area contributed by atoms with Crippen molar-refractivity contribution in [2.24, 2.45) is 0 Å². The molecule has 20 heavy (non-hydrogen) atoms. The van der Waals surface area contributed by atoms with Gasteiger partial charge in [0.1, 0.15) is 10.8 Å². The number of pyridine rings is 2. The van der Waals surface area contributed by atoms with Crippen molar-refractivity contribution in [1.82, 2.24) is 9.97 Å². The van der Waals surface area contributed by atoms with Crippen LogP contribution in [0, 0.1) is 0 Å². The number of nitrogens with zero attached hydrogens (tertiary/aromatic N) is 2. The van der Waals surface area contributed by atoms with Crippen molar-refractivity contribution >= 4 is 29.0 Å². The molecule has 0 bridgehead atoms. The molecule has 0 spiro atoms. The molecule has 0 aliphatic rings. The van der Waals surface area contributed by atoms with Crippen LogP contribution in [0.15, 0.2) is 30.5 Å². The second kappa shape index (κ2) is 7.31. The van der Waals surface area contributed by atoms with Crippen molar-refractivity contribution in [1.29, 1.82) is 0 Å². The molecule has 0 saturated heterocycles. The van der Waals surface area contributed by atoms with Gasteiger partial charge in [0.05, 0.1) is 11.6 Å². The smallest absolute Gasteiger partial charge is 0.234 e. The Morgan fingerprint density at radius 1 is 1.25 bits per heavy atom. The van der Waals surface area contributed by atoms with Crippen molar-refractivity contribution in [3.05, 3.63) is 46.2 Å². The zero-order valence-electron chi connectivity index (χ0n) is 11.1. The standard InChI is InChI=1S/C14H15Cl2N3O/c1-2-17-13-11(15)9-12(16)14(19-13)20-8-6-10-5-3-4-7-18-10/h3-5,7,9H,2,6,8H2,1H3,(H,17,19). The summed E-state index contributed by atoms with van der Waals surface area (Å²) in [6, 6.07) is 7.40. The third kappa shape index (κ3) is 3.99. The Morgan fingerprint density at radius 2 is 2.10 bits per heavy atom. The van der Waals surface area contributed by atoms with Gasteiger partial charge in [-0.2, -0.15) is 4.98 Å². The summed E-state index contributed by atoms with van der Waals surface area (Å²) in [5.41, 5.74) is 0.962. The van der Waals surface area contributed by atoms with Crippen LogP contribution in [-0.2, 0) is 6.42 Å². The Kier molecular flexibility index (Phi) is 5.44. The number of halogens is 2. The summed E-state index contributed by atoms with van der Waals surface area (Å²) in [7, 11) is 0. The highest BCUT2D eigenvalue weighted by atomic mass is 35.5. The number of anilines is 1. The molecule has 0 amide bonds. The SMILES string of the molecule is CCNc1nc(OCCc2ccccn2)c(Cl)cc1Cl. The summed E-state index contributed by atoms with van der Waals surface area (Å²) < 4.78 is 5.60. The molecule has 0 fully saturated rings. The third-order valence-corrected chi connectivity index (χ3v) is 3.12. The van der Waals surface area contributed by atoms with E-state index in [0.717, 1.165) is 12.2 Å². The highest BCUT2D eigenvalue weighted by molar-refractivity contribution is 6.36. The van der Waals surface area contributed by atoms with Crippen LogP contribution < -0.4 is 10.1 Å². The van der Waals surface area contributed by atoms with Gasteiger partial charge >= 0.3 is 0 Å². The normalized spacial score (nSPS) is 10.3. The van der Waals surface area contributed by atoms with Crippen LogP contribution in [0.25, 0.3) is 0 Å². The van der Waals surface area contributed by atoms with Crippen LogP contribution in [0.1, 0.15) is 12.6 Å². The Morgan fingerprint density at radius 3 is 2.80 bits per heavy atom. The first-order chi connectivity index (χ1) is 9.70. The average Bonchev–Trinajstić information content (AvgIpc) is 2.45. The van der Waals surface area contributed by atoms with Gasteiger partial charge in [-0.3, -0.25) is 4.98 Å². The molecule has 2 aromatic rings. The molecule has 4 nitrogen and oxygen atoms in total. The molecule has 0 aliphatic heterocycles. The van der Waals surface area contributed by atoms with Crippen molar-refractivity contribution < 1.29 is 4.74 Å². The van der Waals surface area contributed by atoms with Crippen molar-refractivity contribution in [2.75, 3.05) is 18.5 Å². The van der Waals surface area contributed by atoms with E-state index in [9.17, 15) is 0 Å². The van der Waals surface area contributed by atoms with E-state index in [4.69, 9.17) is 27.9 Å². The van der Waals surface area contributed by atoms with Gasteiger partial charge in [0, 0.05) is 24.9 Å². The van der Waals surface area contributed by atoms with Gasteiger partial charge < -0.3 is 10.1 Å². The van der Waals surface area contributed by atoms with E-state index in [-0.39, 0.29) is 0 Å². The highest BCUT2D eigenvalue weighted by Gasteiger charge is 2.10. The van der Waals surface area contributed by atoms with Crippen molar-refractivity contribution in [3.8, 4) is 5.88 Å². The first kappa shape index (κ1) is 14.9. The Bertz CT molecular complexity index is 564. The molecule has 0 aliphatic carbocycles. The number of hydrogen-bond donors (Lipinski definition) is 1. The topological polar surface area (TPSA) is 47.0 Å². The Hall–Kier alpha value is -1.52.